The van der Waals surface area contributed by atoms with Crippen molar-refractivity contribution in [2.24, 2.45) is 11.8 Å². The molecule has 0 aromatic rings. The summed E-state index contributed by atoms with van der Waals surface area (Å²) in [4.78, 5) is 0. The van der Waals surface area contributed by atoms with E-state index < -0.39 is 10.0 Å². The predicted molar refractivity (Wildman–Crippen MR) is 69.8 cm³/mol. The molecule has 0 bridgehead atoms. The highest BCUT2D eigenvalue weighted by Crippen LogP contribution is 2.28. The minimum atomic E-state index is -3.17. The summed E-state index contributed by atoms with van der Waals surface area (Å²) in [5.74, 6) is 1.21. The number of rotatable bonds is 10. The monoisotopic (exact) mass is 283 g/mol. The van der Waals surface area contributed by atoms with Crippen LogP contribution in [0.3, 0.4) is 0 Å². The van der Waals surface area contributed by atoms with Crippen molar-refractivity contribution < 1.29 is 13.2 Å². The molecule has 1 unspecified atom stereocenters. The molecule has 0 heterocycles. The van der Waals surface area contributed by atoms with Crippen LogP contribution in [0.1, 0.15) is 26.2 Å². The molecule has 102 valence electrons. The summed E-state index contributed by atoms with van der Waals surface area (Å²) in [6, 6.07) is 0. The number of halogens is 1. The maximum atomic E-state index is 11.5. The minimum absolute atomic E-state index is 0.0136. The van der Waals surface area contributed by atoms with Gasteiger partial charge in [-0.05, 0) is 31.1 Å². The summed E-state index contributed by atoms with van der Waals surface area (Å²) in [5.41, 5.74) is 0. The molecule has 0 aromatic carbocycles. The van der Waals surface area contributed by atoms with Gasteiger partial charge in [0.2, 0.25) is 10.0 Å². The summed E-state index contributed by atoms with van der Waals surface area (Å²) in [6.45, 7) is 3.73. The molecule has 0 spiro atoms. The van der Waals surface area contributed by atoms with Gasteiger partial charge in [-0.15, -0.1) is 11.6 Å². The van der Waals surface area contributed by atoms with Gasteiger partial charge in [-0.25, -0.2) is 13.1 Å². The molecule has 0 aliphatic heterocycles. The van der Waals surface area contributed by atoms with Crippen LogP contribution >= 0.6 is 11.6 Å². The lowest BCUT2D eigenvalue weighted by Crippen LogP contribution is -2.30. The van der Waals surface area contributed by atoms with E-state index in [2.05, 4.69) is 4.72 Å². The van der Waals surface area contributed by atoms with Gasteiger partial charge in [0, 0.05) is 25.6 Å². The molecule has 1 atom stereocenters. The van der Waals surface area contributed by atoms with Crippen molar-refractivity contribution in [3.63, 3.8) is 0 Å². The fraction of sp³-hybridized carbons (Fsp3) is 1.00. The van der Waals surface area contributed by atoms with E-state index in [-0.39, 0.29) is 11.7 Å². The number of hydrogen-bond acceptors (Lipinski definition) is 3. The van der Waals surface area contributed by atoms with E-state index >= 15 is 0 Å². The summed E-state index contributed by atoms with van der Waals surface area (Å²) in [5, 5.41) is 0. The molecule has 0 aromatic heterocycles. The van der Waals surface area contributed by atoms with Crippen LogP contribution in [-0.2, 0) is 14.8 Å². The van der Waals surface area contributed by atoms with Crippen molar-refractivity contribution in [2.75, 3.05) is 31.4 Å². The van der Waals surface area contributed by atoms with Crippen LogP contribution in [0.5, 0.6) is 0 Å². The van der Waals surface area contributed by atoms with Crippen molar-refractivity contribution in [1.82, 2.24) is 4.72 Å². The molecule has 1 rings (SSSR count). The first-order valence-corrected chi connectivity index (χ1v) is 8.33. The van der Waals surface area contributed by atoms with Crippen LogP contribution in [0.25, 0.3) is 0 Å². The predicted octanol–water partition coefficient (Wildman–Crippen LogP) is 1.60. The van der Waals surface area contributed by atoms with E-state index in [1.165, 1.54) is 12.8 Å². The van der Waals surface area contributed by atoms with Crippen molar-refractivity contribution >= 4 is 21.6 Å². The number of nitrogens with one attached hydrogen (secondary N) is 1. The van der Waals surface area contributed by atoms with Gasteiger partial charge in [0.1, 0.15) is 0 Å². The first-order chi connectivity index (χ1) is 8.03. The molecule has 1 N–H and O–H groups in total. The van der Waals surface area contributed by atoms with E-state index in [4.69, 9.17) is 16.3 Å². The summed E-state index contributed by atoms with van der Waals surface area (Å²) in [7, 11) is -3.17. The lowest BCUT2D eigenvalue weighted by atomic mass is 10.3. The topological polar surface area (TPSA) is 55.4 Å². The zero-order chi connectivity index (χ0) is 12.7. The van der Waals surface area contributed by atoms with Crippen LogP contribution in [0.4, 0.5) is 0 Å². The SMILES string of the molecule is CC(CCl)CS(=O)(=O)NCCCOCC1CC1. The Hall–Kier alpha value is 0.160. The lowest BCUT2D eigenvalue weighted by molar-refractivity contribution is 0.123. The molecule has 0 radical (unpaired) electrons. The Balaban J connectivity index is 1.99. The van der Waals surface area contributed by atoms with Gasteiger partial charge in [-0.2, -0.15) is 0 Å². The van der Waals surface area contributed by atoms with E-state index in [1.54, 1.807) is 0 Å². The maximum Gasteiger partial charge on any atom is 0.211 e. The maximum absolute atomic E-state index is 11.5. The highest BCUT2D eigenvalue weighted by molar-refractivity contribution is 7.89. The van der Waals surface area contributed by atoms with E-state index in [9.17, 15) is 8.42 Å². The van der Waals surface area contributed by atoms with E-state index in [0.717, 1.165) is 18.9 Å². The highest BCUT2D eigenvalue weighted by Gasteiger charge is 2.20. The van der Waals surface area contributed by atoms with Gasteiger partial charge < -0.3 is 4.74 Å². The van der Waals surface area contributed by atoms with Gasteiger partial charge in [0.05, 0.1) is 5.75 Å². The number of sulfonamides is 1. The second kappa shape index (κ2) is 7.56. The van der Waals surface area contributed by atoms with Crippen molar-refractivity contribution in [3.05, 3.63) is 0 Å². The average molecular weight is 284 g/mol. The van der Waals surface area contributed by atoms with Gasteiger partial charge in [-0.1, -0.05) is 6.92 Å². The molecule has 1 saturated carbocycles. The van der Waals surface area contributed by atoms with Gasteiger partial charge in [-0.3, -0.25) is 0 Å². The van der Waals surface area contributed by atoms with Crippen LogP contribution in [0.15, 0.2) is 0 Å². The van der Waals surface area contributed by atoms with Gasteiger partial charge >= 0.3 is 0 Å². The fourth-order valence-electron chi connectivity index (χ4n) is 1.41. The zero-order valence-electron chi connectivity index (χ0n) is 10.3. The largest absolute Gasteiger partial charge is 0.381 e. The molecule has 4 nitrogen and oxygen atoms in total. The van der Waals surface area contributed by atoms with Crippen molar-refractivity contribution in [1.29, 1.82) is 0 Å². The molecule has 1 aliphatic rings. The Morgan fingerprint density at radius 2 is 2.18 bits per heavy atom. The summed E-state index contributed by atoms with van der Waals surface area (Å²) in [6.07, 6.45) is 3.28. The summed E-state index contributed by atoms with van der Waals surface area (Å²) < 4.78 is 31.1. The zero-order valence-corrected chi connectivity index (χ0v) is 11.9. The molecule has 1 fully saturated rings. The van der Waals surface area contributed by atoms with Crippen molar-refractivity contribution in [3.8, 4) is 0 Å². The Morgan fingerprint density at radius 1 is 1.47 bits per heavy atom. The summed E-state index contributed by atoms with van der Waals surface area (Å²) >= 11 is 5.58. The van der Waals surface area contributed by atoms with Crippen molar-refractivity contribution in [2.45, 2.75) is 26.2 Å². The smallest absolute Gasteiger partial charge is 0.211 e. The molecule has 6 heteroatoms. The molecular formula is C11H22ClNO3S. The second-order valence-corrected chi connectivity index (χ2v) is 6.97. The van der Waals surface area contributed by atoms with Crippen LogP contribution in [0, 0.1) is 11.8 Å². The Bertz CT molecular complexity index is 304. The fourth-order valence-corrected chi connectivity index (χ4v) is 3.09. The number of hydrogen-bond donors (Lipinski definition) is 1. The third-order valence-electron chi connectivity index (χ3n) is 2.61. The minimum Gasteiger partial charge on any atom is -0.381 e. The highest BCUT2D eigenvalue weighted by atomic mass is 35.5. The average Bonchev–Trinajstić information content (AvgIpc) is 3.06. The third-order valence-corrected chi connectivity index (χ3v) is 4.78. The van der Waals surface area contributed by atoms with Crippen LogP contribution in [0.2, 0.25) is 0 Å². The Kier molecular flexibility index (Phi) is 6.77. The van der Waals surface area contributed by atoms with Gasteiger partial charge in [0.15, 0.2) is 0 Å². The standard InChI is InChI=1S/C11H22ClNO3S/c1-10(7-12)9-17(14,15)13-5-2-6-16-8-11-3-4-11/h10-11,13H,2-9H2,1H3. The van der Waals surface area contributed by atoms with E-state index in [1.807, 2.05) is 6.92 Å². The first-order valence-electron chi connectivity index (χ1n) is 6.14. The molecule has 1 aliphatic carbocycles. The first kappa shape index (κ1) is 15.2. The van der Waals surface area contributed by atoms with Crippen LogP contribution < -0.4 is 4.72 Å². The Morgan fingerprint density at radius 3 is 2.76 bits per heavy atom. The van der Waals surface area contributed by atoms with Gasteiger partial charge in [0.25, 0.3) is 0 Å². The number of alkyl halides is 1. The normalized spacial score (nSPS) is 18.2. The Labute approximate surface area is 109 Å². The van der Waals surface area contributed by atoms with E-state index in [0.29, 0.717) is 19.0 Å². The number of ether oxygens (including phenoxy) is 1. The lowest BCUT2D eigenvalue weighted by Gasteiger charge is -2.10. The second-order valence-electron chi connectivity index (χ2n) is 4.81. The molecule has 0 saturated heterocycles. The quantitative estimate of drug-likeness (QED) is 0.489. The molecule has 0 amide bonds. The van der Waals surface area contributed by atoms with Crippen LogP contribution in [-0.4, -0.2) is 39.8 Å². The molecular weight excluding hydrogens is 262 g/mol. The third kappa shape index (κ3) is 7.97. The molecule has 17 heavy (non-hydrogen) atoms.